The summed E-state index contributed by atoms with van der Waals surface area (Å²) in [5.74, 6) is 0.423. The highest BCUT2D eigenvalue weighted by atomic mass is 16.2. The van der Waals surface area contributed by atoms with Crippen LogP contribution in [-0.4, -0.2) is 61.5 Å². The number of rotatable bonds is 4. The maximum Gasteiger partial charge on any atom is 0.230 e. The van der Waals surface area contributed by atoms with E-state index in [1.54, 1.807) is 0 Å². The smallest absolute Gasteiger partial charge is 0.230 e. The van der Waals surface area contributed by atoms with E-state index >= 15 is 0 Å². The van der Waals surface area contributed by atoms with E-state index in [1.807, 2.05) is 0 Å². The fraction of sp³-hybridized carbons (Fsp3) is 0.938. The fourth-order valence-corrected chi connectivity index (χ4v) is 3.89. The maximum absolute atomic E-state index is 13.2. The van der Waals surface area contributed by atoms with Gasteiger partial charge >= 0.3 is 0 Å². The molecule has 1 amide bonds. The molecular weight excluding hydrogens is 250 g/mol. The first-order chi connectivity index (χ1) is 9.63. The molecule has 2 aliphatic rings. The van der Waals surface area contributed by atoms with Gasteiger partial charge in [0.1, 0.15) is 0 Å². The molecule has 2 heterocycles. The average molecular weight is 281 g/mol. The third-order valence-electron chi connectivity index (χ3n) is 5.06. The van der Waals surface area contributed by atoms with E-state index in [2.05, 4.69) is 36.0 Å². The fourth-order valence-electron chi connectivity index (χ4n) is 3.89. The van der Waals surface area contributed by atoms with Crippen LogP contribution in [-0.2, 0) is 4.79 Å². The van der Waals surface area contributed by atoms with Crippen molar-refractivity contribution in [2.24, 2.45) is 5.41 Å². The van der Waals surface area contributed by atoms with Crippen LogP contribution in [0.15, 0.2) is 0 Å². The van der Waals surface area contributed by atoms with Crippen LogP contribution >= 0.6 is 0 Å². The van der Waals surface area contributed by atoms with Crippen molar-refractivity contribution in [2.75, 3.05) is 39.8 Å². The Morgan fingerprint density at radius 2 is 2.15 bits per heavy atom. The molecule has 0 aliphatic carbocycles. The van der Waals surface area contributed by atoms with Crippen LogP contribution in [0.25, 0.3) is 0 Å². The van der Waals surface area contributed by atoms with E-state index < -0.39 is 0 Å². The minimum atomic E-state index is -0.120. The van der Waals surface area contributed by atoms with E-state index in [1.165, 1.54) is 0 Å². The van der Waals surface area contributed by atoms with Gasteiger partial charge in [-0.3, -0.25) is 4.79 Å². The van der Waals surface area contributed by atoms with Crippen molar-refractivity contribution >= 4 is 5.91 Å². The molecule has 0 spiro atoms. The third-order valence-corrected chi connectivity index (χ3v) is 5.06. The molecule has 0 aromatic heterocycles. The highest BCUT2D eigenvalue weighted by Crippen LogP contribution is 2.34. The van der Waals surface area contributed by atoms with Gasteiger partial charge in [0.25, 0.3) is 0 Å². The zero-order valence-corrected chi connectivity index (χ0v) is 13.5. The van der Waals surface area contributed by atoms with Crippen molar-refractivity contribution in [1.82, 2.24) is 15.1 Å². The lowest BCUT2D eigenvalue weighted by Gasteiger charge is -2.38. The monoisotopic (exact) mass is 281 g/mol. The number of carbonyl (C=O) groups is 1. The lowest BCUT2D eigenvalue weighted by molar-refractivity contribution is -0.144. The van der Waals surface area contributed by atoms with E-state index in [4.69, 9.17) is 0 Å². The van der Waals surface area contributed by atoms with Gasteiger partial charge in [-0.1, -0.05) is 20.3 Å². The number of hydrogen-bond donors (Lipinski definition) is 1. The number of nitrogens with one attached hydrogen (secondary N) is 1. The summed E-state index contributed by atoms with van der Waals surface area (Å²) in [6, 6.07) is 0.393. The van der Waals surface area contributed by atoms with Crippen LogP contribution < -0.4 is 5.32 Å². The molecule has 2 aliphatic heterocycles. The second-order valence-electron chi connectivity index (χ2n) is 6.63. The Morgan fingerprint density at radius 3 is 2.75 bits per heavy atom. The summed E-state index contributed by atoms with van der Waals surface area (Å²) < 4.78 is 0. The summed E-state index contributed by atoms with van der Waals surface area (Å²) in [5.41, 5.74) is -0.120. The van der Waals surface area contributed by atoms with Crippen LogP contribution in [0.3, 0.4) is 0 Å². The van der Waals surface area contributed by atoms with Gasteiger partial charge in [-0.15, -0.1) is 0 Å². The summed E-state index contributed by atoms with van der Waals surface area (Å²) in [7, 11) is 2.18. The van der Waals surface area contributed by atoms with E-state index in [-0.39, 0.29) is 5.41 Å². The van der Waals surface area contributed by atoms with E-state index in [0.29, 0.717) is 11.9 Å². The van der Waals surface area contributed by atoms with Gasteiger partial charge in [-0.05, 0) is 45.8 Å². The predicted octanol–water partition coefficient (Wildman–Crippen LogP) is 1.71. The number of nitrogens with zero attached hydrogens (tertiary/aromatic N) is 2. The molecule has 0 aromatic carbocycles. The van der Waals surface area contributed by atoms with Crippen LogP contribution in [0, 0.1) is 5.41 Å². The zero-order valence-electron chi connectivity index (χ0n) is 13.5. The van der Waals surface area contributed by atoms with Crippen molar-refractivity contribution in [3.05, 3.63) is 0 Å². The van der Waals surface area contributed by atoms with Gasteiger partial charge in [0, 0.05) is 25.7 Å². The van der Waals surface area contributed by atoms with E-state index in [0.717, 1.165) is 64.8 Å². The number of amides is 1. The van der Waals surface area contributed by atoms with Crippen molar-refractivity contribution in [2.45, 2.75) is 52.0 Å². The van der Waals surface area contributed by atoms with Gasteiger partial charge in [0.2, 0.25) is 5.91 Å². The topological polar surface area (TPSA) is 35.6 Å². The first-order valence-electron chi connectivity index (χ1n) is 8.33. The van der Waals surface area contributed by atoms with Gasteiger partial charge in [-0.25, -0.2) is 0 Å². The summed E-state index contributed by atoms with van der Waals surface area (Å²) in [6.07, 6.45) is 5.31. The molecule has 0 bridgehead atoms. The highest BCUT2D eigenvalue weighted by molar-refractivity contribution is 5.83. The van der Waals surface area contributed by atoms with Gasteiger partial charge < -0.3 is 15.1 Å². The van der Waals surface area contributed by atoms with Gasteiger partial charge in [0.15, 0.2) is 0 Å². The van der Waals surface area contributed by atoms with Crippen LogP contribution in [0.1, 0.15) is 46.0 Å². The minimum Gasteiger partial charge on any atom is -0.338 e. The number of likely N-dealkylation sites (N-methyl/N-ethyl adjacent to an activating group) is 1. The normalized spacial score (nSPS) is 32.4. The standard InChI is InChI=1S/C16H31N3O/c1-4-7-16(8-9-17-13-16)15(20)19-11-6-10-18(3)12-14(19)5-2/h14,17H,4-13H2,1-3H3. The Balaban J connectivity index is 2.15. The van der Waals surface area contributed by atoms with Crippen LogP contribution in [0.2, 0.25) is 0 Å². The van der Waals surface area contributed by atoms with Crippen molar-refractivity contribution < 1.29 is 4.79 Å². The Bertz CT molecular complexity index is 326. The first-order valence-corrected chi connectivity index (χ1v) is 8.33. The highest BCUT2D eigenvalue weighted by Gasteiger charge is 2.44. The average Bonchev–Trinajstić information content (AvgIpc) is 2.82. The molecule has 2 rings (SSSR count). The Kier molecular flexibility index (Phi) is 5.44. The van der Waals surface area contributed by atoms with Crippen molar-refractivity contribution in [3.8, 4) is 0 Å². The molecule has 2 fully saturated rings. The zero-order chi connectivity index (χ0) is 14.6. The summed E-state index contributed by atoms with van der Waals surface area (Å²) in [5, 5.41) is 3.42. The quantitative estimate of drug-likeness (QED) is 0.852. The second kappa shape index (κ2) is 6.90. The van der Waals surface area contributed by atoms with Crippen LogP contribution in [0.5, 0.6) is 0 Å². The second-order valence-corrected chi connectivity index (χ2v) is 6.63. The Hall–Kier alpha value is -0.610. The predicted molar refractivity (Wildman–Crippen MR) is 82.7 cm³/mol. The Morgan fingerprint density at radius 1 is 1.35 bits per heavy atom. The molecule has 0 radical (unpaired) electrons. The molecule has 116 valence electrons. The summed E-state index contributed by atoms with van der Waals surface area (Å²) in [6.45, 7) is 9.35. The van der Waals surface area contributed by atoms with Gasteiger partial charge in [-0.2, -0.15) is 0 Å². The number of hydrogen-bond acceptors (Lipinski definition) is 3. The SMILES string of the molecule is CCCC1(C(=O)N2CCCN(C)CC2CC)CCNC1. The Labute approximate surface area is 123 Å². The van der Waals surface area contributed by atoms with Crippen LogP contribution in [0.4, 0.5) is 0 Å². The molecular formula is C16H31N3O. The minimum absolute atomic E-state index is 0.120. The summed E-state index contributed by atoms with van der Waals surface area (Å²) >= 11 is 0. The maximum atomic E-state index is 13.2. The lowest BCUT2D eigenvalue weighted by Crippen LogP contribution is -2.51. The molecule has 0 saturated carbocycles. The van der Waals surface area contributed by atoms with Crippen molar-refractivity contribution in [3.63, 3.8) is 0 Å². The molecule has 0 aromatic rings. The van der Waals surface area contributed by atoms with Gasteiger partial charge in [0.05, 0.1) is 5.41 Å². The summed E-state index contributed by atoms with van der Waals surface area (Å²) in [4.78, 5) is 17.8. The first kappa shape index (κ1) is 15.8. The van der Waals surface area contributed by atoms with E-state index in [9.17, 15) is 4.79 Å². The lowest BCUT2D eigenvalue weighted by atomic mass is 9.80. The molecule has 1 N–H and O–H groups in total. The molecule has 4 nitrogen and oxygen atoms in total. The molecule has 20 heavy (non-hydrogen) atoms. The molecule has 2 saturated heterocycles. The van der Waals surface area contributed by atoms with Crippen molar-refractivity contribution in [1.29, 1.82) is 0 Å². The number of carbonyl (C=O) groups excluding carboxylic acids is 1. The molecule has 2 atom stereocenters. The molecule has 2 unspecified atom stereocenters. The largest absolute Gasteiger partial charge is 0.338 e. The molecule has 4 heteroatoms. The third kappa shape index (κ3) is 3.17.